The number of rotatable bonds is 14. The van der Waals surface area contributed by atoms with Gasteiger partial charge in [0.05, 0.1) is 18.8 Å². The number of aliphatic carboxylic acids is 1. The van der Waals surface area contributed by atoms with Crippen LogP contribution < -0.4 is 21.7 Å². The van der Waals surface area contributed by atoms with Crippen molar-refractivity contribution in [3.05, 3.63) is 36.0 Å². The molecule has 1 aromatic carbocycles. The Balaban J connectivity index is 2.26. The van der Waals surface area contributed by atoms with E-state index in [0.29, 0.717) is 12.2 Å². The maximum absolute atomic E-state index is 13.2. The molecular weight excluding hydrogens is 490 g/mol. The number of hydrogen-bond donors (Lipinski definition) is 8. The van der Waals surface area contributed by atoms with Gasteiger partial charge in [-0.2, -0.15) is 11.8 Å². The minimum atomic E-state index is -1.62. The molecule has 1 aromatic heterocycles. The van der Waals surface area contributed by atoms with Gasteiger partial charge in [0.2, 0.25) is 17.7 Å². The monoisotopic (exact) mass is 523 g/mol. The van der Waals surface area contributed by atoms with Crippen LogP contribution in [0.3, 0.4) is 0 Å². The number of aromatic nitrogens is 1. The minimum absolute atomic E-state index is 0.0549. The molecule has 5 atom stereocenters. The van der Waals surface area contributed by atoms with Crippen molar-refractivity contribution < 1.29 is 34.5 Å². The molecule has 1 heterocycles. The molecule has 0 aliphatic heterocycles. The predicted molar refractivity (Wildman–Crippen MR) is 135 cm³/mol. The Morgan fingerprint density at radius 1 is 1.06 bits per heavy atom. The Bertz CT molecular complexity index is 1060. The highest BCUT2D eigenvalue weighted by Crippen LogP contribution is 2.19. The number of carboxylic acid groups (broad SMARTS) is 1. The van der Waals surface area contributed by atoms with Gasteiger partial charge in [0.25, 0.3) is 0 Å². The van der Waals surface area contributed by atoms with Crippen LogP contribution in [0.5, 0.6) is 0 Å². The number of para-hydroxylation sites is 1. The number of carbonyl (C=O) groups excluding carboxylic acids is 3. The molecule has 9 N–H and O–H groups in total. The predicted octanol–water partition coefficient (Wildman–Crippen LogP) is -1.30. The molecule has 2 rings (SSSR count). The largest absolute Gasteiger partial charge is 0.480 e. The highest BCUT2D eigenvalue weighted by Gasteiger charge is 2.33. The number of nitrogens with one attached hydrogen (secondary N) is 4. The molecule has 198 valence electrons. The molecule has 12 nitrogen and oxygen atoms in total. The second-order valence-corrected chi connectivity index (χ2v) is 9.31. The molecule has 0 saturated heterocycles. The first-order valence-electron chi connectivity index (χ1n) is 11.3. The van der Waals surface area contributed by atoms with Gasteiger partial charge in [-0.25, -0.2) is 4.79 Å². The van der Waals surface area contributed by atoms with Gasteiger partial charge in [-0.15, -0.1) is 0 Å². The number of aromatic amines is 1. The van der Waals surface area contributed by atoms with Crippen LogP contribution in [-0.2, 0) is 25.6 Å². The average Bonchev–Trinajstić information content (AvgIpc) is 3.25. The molecule has 0 bridgehead atoms. The summed E-state index contributed by atoms with van der Waals surface area (Å²) in [5.74, 6) is -3.16. The zero-order valence-corrected chi connectivity index (χ0v) is 20.9. The van der Waals surface area contributed by atoms with Crippen LogP contribution in [-0.4, -0.2) is 92.9 Å². The lowest BCUT2D eigenvalue weighted by Gasteiger charge is -2.26. The molecule has 0 spiro atoms. The summed E-state index contributed by atoms with van der Waals surface area (Å²) in [5.41, 5.74) is 7.53. The number of fused-ring (bicyclic) bond motifs is 1. The molecule has 13 heteroatoms. The third-order valence-corrected chi connectivity index (χ3v) is 6.21. The van der Waals surface area contributed by atoms with Crippen LogP contribution >= 0.6 is 11.8 Å². The molecule has 0 radical (unpaired) electrons. The number of benzene rings is 1. The van der Waals surface area contributed by atoms with Crippen molar-refractivity contribution in [1.82, 2.24) is 20.9 Å². The molecule has 0 aliphatic rings. The van der Waals surface area contributed by atoms with E-state index in [9.17, 15) is 24.3 Å². The quantitative estimate of drug-likeness (QED) is 0.148. The molecule has 36 heavy (non-hydrogen) atoms. The van der Waals surface area contributed by atoms with Crippen molar-refractivity contribution in [2.75, 3.05) is 18.6 Å². The van der Waals surface area contributed by atoms with Gasteiger partial charge < -0.3 is 42.0 Å². The van der Waals surface area contributed by atoms with E-state index in [1.165, 1.54) is 18.7 Å². The van der Waals surface area contributed by atoms with Crippen molar-refractivity contribution in [2.45, 2.75) is 50.0 Å². The van der Waals surface area contributed by atoms with Crippen LogP contribution in [0.25, 0.3) is 10.9 Å². The summed E-state index contributed by atoms with van der Waals surface area (Å²) in [6, 6.07) is 2.23. The SMILES string of the molecule is CSCCC(N)C(=O)NC(Cc1c[nH]c2ccccc12)C(=O)NC(C(=O)NC(CO)C(=O)O)C(C)O. The van der Waals surface area contributed by atoms with E-state index in [4.69, 9.17) is 15.9 Å². The zero-order valence-electron chi connectivity index (χ0n) is 20.1. The summed E-state index contributed by atoms with van der Waals surface area (Å²) < 4.78 is 0. The number of aliphatic hydroxyl groups excluding tert-OH is 2. The van der Waals surface area contributed by atoms with Crippen LogP contribution in [0.4, 0.5) is 0 Å². The zero-order chi connectivity index (χ0) is 26.8. The number of carboxylic acids is 1. The number of thioether (sulfide) groups is 1. The molecule has 0 fully saturated rings. The Morgan fingerprint density at radius 2 is 1.72 bits per heavy atom. The normalized spacial score (nSPS) is 15.4. The van der Waals surface area contributed by atoms with Gasteiger partial charge in [-0.3, -0.25) is 14.4 Å². The fourth-order valence-electron chi connectivity index (χ4n) is 3.49. The second-order valence-electron chi connectivity index (χ2n) is 8.32. The van der Waals surface area contributed by atoms with Crippen molar-refractivity contribution in [3.63, 3.8) is 0 Å². The summed E-state index contributed by atoms with van der Waals surface area (Å²) >= 11 is 1.53. The highest BCUT2D eigenvalue weighted by atomic mass is 32.2. The first-order valence-corrected chi connectivity index (χ1v) is 12.7. The first kappa shape index (κ1) is 29.1. The van der Waals surface area contributed by atoms with Gasteiger partial charge in [-0.05, 0) is 37.0 Å². The number of carbonyl (C=O) groups is 4. The molecule has 3 amide bonds. The van der Waals surface area contributed by atoms with Gasteiger partial charge in [0.1, 0.15) is 18.1 Å². The fourth-order valence-corrected chi connectivity index (χ4v) is 3.98. The average molecular weight is 524 g/mol. The first-order chi connectivity index (χ1) is 17.1. The van der Waals surface area contributed by atoms with E-state index in [1.54, 1.807) is 6.20 Å². The number of aliphatic hydroxyl groups is 2. The Kier molecular flexibility index (Phi) is 11.2. The summed E-state index contributed by atoms with van der Waals surface area (Å²) in [5, 5.41) is 36.3. The summed E-state index contributed by atoms with van der Waals surface area (Å²) in [6.07, 6.45) is 2.63. The maximum atomic E-state index is 13.2. The maximum Gasteiger partial charge on any atom is 0.328 e. The Labute approximate surface area is 212 Å². The van der Waals surface area contributed by atoms with Crippen LogP contribution in [0.15, 0.2) is 30.5 Å². The summed E-state index contributed by atoms with van der Waals surface area (Å²) in [6.45, 7) is 0.361. The molecular formula is C23H33N5O7S. The van der Waals surface area contributed by atoms with Gasteiger partial charge in [0.15, 0.2) is 0 Å². The van der Waals surface area contributed by atoms with E-state index >= 15 is 0 Å². The molecule has 5 unspecified atom stereocenters. The summed E-state index contributed by atoms with van der Waals surface area (Å²) in [7, 11) is 0. The smallest absolute Gasteiger partial charge is 0.328 e. The molecule has 2 aromatic rings. The van der Waals surface area contributed by atoms with Crippen LogP contribution in [0.1, 0.15) is 18.9 Å². The second kappa shape index (κ2) is 13.8. The number of H-pyrrole nitrogens is 1. The van der Waals surface area contributed by atoms with Gasteiger partial charge in [-0.1, -0.05) is 18.2 Å². The molecule has 0 saturated carbocycles. The fraction of sp³-hybridized carbons (Fsp3) is 0.478. The molecule has 0 aliphatic carbocycles. The number of hydrogen-bond acceptors (Lipinski definition) is 8. The lowest BCUT2D eigenvalue weighted by molar-refractivity contribution is -0.144. The van der Waals surface area contributed by atoms with E-state index in [2.05, 4.69) is 20.9 Å². The summed E-state index contributed by atoms with van der Waals surface area (Å²) in [4.78, 5) is 52.8. The minimum Gasteiger partial charge on any atom is -0.480 e. The number of amides is 3. The van der Waals surface area contributed by atoms with Gasteiger partial charge >= 0.3 is 5.97 Å². The Hall–Kier alpha value is -3.13. The Morgan fingerprint density at radius 3 is 2.33 bits per heavy atom. The van der Waals surface area contributed by atoms with Crippen molar-refractivity contribution in [1.29, 1.82) is 0 Å². The van der Waals surface area contributed by atoms with Crippen LogP contribution in [0, 0.1) is 0 Å². The third-order valence-electron chi connectivity index (χ3n) is 5.56. The lowest BCUT2D eigenvalue weighted by atomic mass is 10.0. The van der Waals surface area contributed by atoms with Gasteiger partial charge in [0, 0.05) is 23.5 Å². The van der Waals surface area contributed by atoms with Crippen molar-refractivity contribution in [3.8, 4) is 0 Å². The van der Waals surface area contributed by atoms with E-state index in [0.717, 1.165) is 16.5 Å². The van der Waals surface area contributed by atoms with Crippen molar-refractivity contribution >= 4 is 46.4 Å². The number of nitrogens with two attached hydrogens (primary N) is 1. The standard InChI is InChI=1S/C23H33N5O7S/c1-12(30)19(22(33)27-18(11-29)23(34)35)28-21(32)17(26-20(31)15(24)7-8-36-2)9-13-10-25-16-6-4-3-5-14(13)16/h3-6,10,12,15,17-19,25,29-30H,7-9,11,24H2,1-2H3,(H,26,31)(H,27,33)(H,28,32)(H,34,35). The van der Waals surface area contributed by atoms with E-state index < -0.39 is 60.6 Å². The van der Waals surface area contributed by atoms with Crippen LogP contribution in [0.2, 0.25) is 0 Å². The topological polar surface area (TPSA) is 207 Å². The van der Waals surface area contributed by atoms with E-state index in [1.807, 2.05) is 30.5 Å². The third kappa shape index (κ3) is 7.95. The van der Waals surface area contributed by atoms with E-state index in [-0.39, 0.29) is 6.42 Å². The highest BCUT2D eigenvalue weighted by molar-refractivity contribution is 7.98. The lowest BCUT2D eigenvalue weighted by Crippen LogP contribution is -2.60. The van der Waals surface area contributed by atoms with Crippen molar-refractivity contribution in [2.24, 2.45) is 5.73 Å².